The molecule has 0 aromatic rings. The lowest BCUT2D eigenvalue weighted by Gasteiger charge is -2.22. The first-order chi connectivity index (χ1) is 12.1. The highest BCUT2D eigenvalue weighted by molar-refractivity contribution is 5.91. The third kappa shape index (κ3) is 8.36. The summed E-state index contributed by atoms with van der Waals surface area (Å²) in [4.78, 5) is 48.3. The van der Waals surface area contributed by atoms with Gasteiger partial charge in [-0.2, -0.15) is 0 Å². The van der Waals surface area contributed by atoms with E-state index in [1.807, 2.05) is 0 Å². The number of hydrogen-bond acceptors (Lipinski definition) is 8. The van der Waals surface area contributed by atoms with E-state index in [4.69, 9.17) is 9.47 Å². The zero-order chi connectivity index (χ0) is 20.3. The van der Waals surface area contributed by atoms with Gasteiger partial charge in [-0.05, 0) is 13.8 Å². The van der Waals surface area contributed by atoms with Crippen molar-refractivity contribution >= 4 is 24.1 Å². The summed E-state index contributed by atoms with van der Waals surface area (Å²) in [6.07, 6.45) is 0.724. The molecule has 0 aliphatic carbocycles. The Hall–Kier alpha value is -2.78. The average molecular weight is 374 g/mol. The van der Waals surface area contributed by atoms with Gasteiger partial charge in [0.1, 0.15) is 13.2 Å². The summed E-state index contributed by atoms with van der Waals surface area (Å²) < 4.78 is 18.9. The number of hydrogen-bond donors (Lipinski definition) is 0. The summed E-state index contributed by atoms with van der Waals surface area (Å²) in [7, 11) is 5.50. The van der Waals surface area contributed by atoms with E-state index in [9.17, 15) is 19.2 Å². The molecule has 10 nitrogen and oxygen atoms in total. The maximum absolute atomic E-state index is 11.6. The van der Waals surface area contributed by atoms with Crippen molar-refractivity contribution < 1.29 is 38.1 Å². The van der Waals surface area contributed by atoms with Crippen molar-refractivity contribution in [3.63, 3.8) is 0 Å². The Morgan fingerprint density at radius 1 is 0.769 bits per heavy atom. The van der Waals surface area contributed by atoms with Gasteiger partial charge in [0.2, 0.25) is 0 Å². The molecular weight excluding hydrogens is 348 g/mol. The number of esters is 2. The van der Waals surface area contributed by atoms with Gasteiger partial charge in [0.05, 0.1) is 26.3 Å². The smallest absolute Gasteiger partial charge is 0.409 e. The number of nitrogens with zero attached hydrogens (tertiary/aromatic N) is 2. The van der Waals surface area contributed by atoms with Crippen LogP contribution < -0.4 is 0 Å². The van der Waals surface area contributed by atoms with Crippen molar-refractivity contribution in [3.8, 4) is 0 Å². The topological polar surface area (TPSA) is 112 Å². The number of rotatable bonds is 8. The van der Waals surface area contributed by atoms with Crippen LogP contribution in [0.2, 0.25) is 0 Å². The molecule has 26 heavy (non-hydrogen) atoms. The molecule has 0 radical (unpaired) electrons. The minimum absolute atomic E-state index is 0.0647. The van der Waals surface area contributed by atoms with Crippen LogP contribution in [0, 0.1) is 0 Å². The number of amides is 2. The van der Waals surface area contributed by atoms with E-state index in [1.165, 1.54) is 38.1 Å². The predicted octanol–water partition coefficient (Wildman–Crippen LogP) is 0.802. The van der Waals surface area contributed by atoms with Crippen molar-refractivity contribution in [2.45, 2.75) is 25.9 Å². The Morgan fingerprint density at radius 2 is 1.08 bits per heavy atom. The molecule has 0 aromatic heterocycles. The second kappa shape index (κ2) is 11.7. The molecule has 0 aliphatic rings. The van der Waals surface area contributed by atoms with Crippen LogP contribution in [0.15, 0.2) is 12.2 Å². The molecule has 0 spiro atoms. The van der Waals surface area contributed by atoms with E-state index < -0.39 is 36.2 Å². The third-order valence-corrected chi connectivity index (χ3v) is 3.54. The van der Waals surface area contributed by atoms with Gasteiger partial charge in [-0.25, -0.2) is 19.2 Å². The first kappa shape index (κ1) is 23.2. The summed E-state index contributed by atoms with van der Waals surface area (Å²) in [5.74, 6) is -1.52. The Balaban J connectivity index is 4.25. The van der Waals surface area contributed by atoms with Crippen molar-refractivity contribution in [1.82, 2.24) is 9.80 Å². The molecule has 0 saturated carbocycles. The lowest BCUT2D eigenvalue weighted by atomic mass is 10.3. The molecule has 0 saturated heterocycles. The van der Waals surface area contributed by atoms with E-state index in [-0.39, 0.29) is 13.2 Å². The zero-order valence-electron chi connectivity index (χ0n) is 15.9. The van der Waals surface area contributed by atoms with E-state index >= 15 is 0 Å². The molecule has 0 aromatic carbocycles. The Kier molecular flexibility index (Phi) is 10.5. The predicted molar refractivity (Wildman–Crippen MR) is 90.3 cm³/mol. The summed E-state index contributed by atoms with van der Waals surface area (Å²) in [5.41, 5.74) is 0. The number of likely N-dealkylation sites (N-methyl/N-ethyl adjacent to an activating group) is 2. The van der Waals surface area contributed by atoms with Crippen LogP contribution in [0.3, 0.4) is 0 Å². The second-order valence-electron chi connectivity index (χ2n) is 5.45. The van der Waals surface area contributed by atoms with Gasteiger partial charge in [-0.1, -0.05) is 0 Å². The first-order valence-electron chi connectivity index (χ1n) is 7.77. The Morgan fingerprint density at radius 3 is 1.35 bits per heavy atom. The summed E-state index contributed by atoms with van der Waals surface area (Å²) >= 11 is 0. The minimum atomic E-state index is -0.758. The molecule has 0 aliphatic heterocycles. The summed E-state index contributed by atoms with van der Waals surface area (Å²) in [5, 5.41) is 0. The van der Waals surface area contributed by atoms with Crippen LogP contribution >= 0.6 is 0 Å². The molecule has 0 N–H and O–H groups in total. The van der Waals surface area contributed by atoms with Crippen LogP contribution in [-0.4, -0.2) is 87.5 Å². The summed E-state index contributed by atoms with van der Waals surface area (Å²) in [6, 6.07) is -0.803. The van der Waals surface area contributed by atoms with Gasteiger partial charge >= 0.3 is 24.1 Å². The maximum Gasteiger partial charge on any atom is 0.409 e. The van der Waals surface area contributed by atoms with Crippen LogP contribution in [0.1, 0.15) is 13.8 Å². The van der Waals surface area contributed by atoms with Crippen molar-refractivity contribution in [1.29, 1.82) is 0 Å². The fourth-order valence-electron chi connectivity index (χ4n) is 1.51. The largest absolute Gasteiger partial charge is 0.460 e. The summed E-state index contributed by atoms with van der Waals surface area (Å²) in [6.45, 7) is 3.21. The van der Waals surface area contributed by atoms with Gasteiger partial charge in [-0.3, -0.25) is 0 Å². The molecule has 0 heterocycles. The molecule has 2 amide bonds. The fourth-order valence-corrected chi connectivity index (χ4v) is 1.51. The van der Waals surface area contributed by atoms with Gasteiger partial charge < -0.3 is 28.7 Å². The molecule has 0 unspecified atom stereocenters. The number of carbonyl (C=O) groups excluding carboxylic acids is 4. The van der Waals surface area contributed by atoms with E-state index in [1.54, 1.807) is 13.8 Å². The zero-order valence-corrected chi connectivity index (χ0v) is 15.9. The normalized spacial score (nSPS) is 12.7. The van der Waals surface area contributed by atoms with E-state index in [0.29, 0.717) is 0 Å². The van der Waals surface area contributed by atoms with Crippen LogP contribution in [0.4, 0.5) is 9.59 Å². The van der Waals surface area contributed by atoms with Crippen molar-refractivity contribution in [3.05, 3.63) is 12.2 Å². The lowest BCUT2D eigenvalue weighted by molar-refractivity contribution is -0.141. The Bertz CT molecular complexity index is 488. The Labute approximate surface area is 152 Å². The van der Waals surface area contributed by atoms with E-state index in [2.05, 4.69) is 9.47 Å². The molecule has 0 fully saturated rings. The molecule has 0 rings (SSSR count). The van der Waals surface area contributed by atoms with Gasteiger partial charge in [0.25, 0.3) is 0 Å². The average Bonchev–Trinajstić information content (AvgIpc) is 2.65. The van der Waals surface area contributed by atoms with Crippen LogP contribution in [-0.2, 0) is 28.5 Å². The molecular formula is C16H26N2O8. The first-order valence-corrected chi connectivity index (χ1v) is 7.77. The second-order valence-corrected chi connectivity index (χ2v) is 5.45. The van der Waals surface area contributed by atoms with Crippen molar-refractivity contribution in [2.24, 2.45) is 0 Å². The van der Waals surface area contributed by atoms with Crippen LogP contribution in [0.25, 0.3) is 0 Å². The molecule has 0 bridgehead atoms. The fraction of sp³-hybridized carbons (Fsp3) is 0.625. The highest BCUT2D eigenvalue weighted by atomic mass is 16.6. The quantitative estimate of drug-likeness (QED) is 0.348. The molecule has 2 atom stereocenters. The molecule has 148 valence electrons. The van der Waals surface area contributed by atoms with Crippen molar-refractivity contribution in [2.75, 3.05) is 41.5 Å². The van der Waals surface area contributed by atoms with Gasteiger partial charge in [0, 0.05) is 26.2 Å². The highest BCUT2D eigenvalue weighted by Crippen LogP contribution is 2.01. The number of methoxy groups -OCH3 is 2. The minimum Gasteiger partial charge on any atom is -0.460 e. The monoisotopic (exact) mass is 374 g/mol. The lowest BCUT2D eigenvalue weighted by Crippen LogP contribution is -2.38. The third-order valence-electron chi connectivity index (χ3n) is 3.54. The van der Waals surface area contributed by atoms with Crippen LogP contribution in [0.5, 0.6) is 0 Å². The maximum atomic E-state index is 11.6. The van der Waals surface area contributed by atoms with E-state index in [0.717, 1.165) is 12.2 Å². The number of ether oxygens (including phenoxy) is 4. The standard InChI is InChI=1S/C16H26N2O8/c1-11(17(3)15(21)23-5)9-25-13(19)7-8-14(20)26-10-12(2)18(4)16(22)24-6/h7-8,11-12H,9-10H2,1-6H3/b8-7+/t11-,12-/m1/s1. The number of carbonyl (C=O) groups is 4. The van der Waals surface area contributed by atoms with Gasteiger partial charge in [-0.15, -0.1) is 0 Å². The highest BCUT2D eigenvalue weighted by Gasteiger charge is 2.18. The van der Waals surface area contributed by atoms with Gasteiger partial charge in [0.15, 0.2) is 0 Å². The molecule has 10 heteroatoms. The SMILES string of the molecule is COC(=O)N(C)[C@H](C)COC(=O)/C=C/C(=O)OC[C@@H](C)N(C)C(=O)OC.